The molecule has 6 nitrogen and oxygen atoms in total. The first-order chi connectivity index (χ1) is 36.7. The van der Waals surface area contributed by atoms with Crippen molar-refractivity contribution in [2.45, 2.75) is 19.3 Å². The van der Waals surface area contributed by atoms with Gasteiger partial charge in [0.15, 0.2) is 17.2 Å². The van der Waals surface area contributed by atoms with Gasteiger partial charge < -0.3 is 8.98 Å². The van der Waals surface area contributed by atoms with Gasteiger partial charge in [0.05, 0.1) is 41.5 Å². The van der Waals surface area contributed by atoms with Gasteiger partial charge >= 0.3 is 0 Å². The summed E-state index contributed by atoms with van der Waals surface area (Å²) in [7, 11) is 0. The maximum atomic E-state index is 10.00. The van der Waals surface area contributed by atoms with E-state index in [9.17, 15) is 8.22 Å². The minimum Gasteiger partial charge on any atom is -0.454 e. The highest BCUT2D eigenvalue weighted by atomic mass is 16.3. The van der Waals surface area contributed by atoms with Crippen LogP contribution in [-0.4, -0.2) is 24.1 Å². The van der Waals surface area contributed by atoms with Crippen molar-refractivity contribution in [3.63, 3.8) is 0 Å². The molecule has 1 aliphatic carbocycles. The van der Waals surface area contributed by atoms with Crippen LogP contribution >= 0.6 is 0 Å². The molecule has 66 heavy (non-hydrogen) atoms. The van der Waals surface area contributed by atoms with Gasteiger partial charge in [-0.05, 0) is 63.7 Å². The topological polar surface area (TPSA) is 61.7 Å². The molecule has 13 aromatic rings. The van der Waals surface area contributed by atoms with Gasteiger partial charge in [-0.2, -0.15) is 9.97 Å². The molecule has 0 N–H and O–H groups in total. The molecule has 0 atom stereocenters. The second-order valence-electron chi connectivity index (χ2n) is 17.2. The number of aromatic nitrogens is 5. The van der Waals surface area contributed by atoms with Crippen molar-refractivity contribution in [2.75, 3.05) is 0 Å². The van der Waals surface area contributed by atoms with Crippen molar-refractivity contribution in [3.8, 4) is 56.7 Å². The van der Waals surface area contributed by atoms with Crippen molar-refractivity contribution >= 4 is 65.6 Å². The molecule has 0 radical (unpaired) electrons. The monoisotopic (exact) mass is 855 g/mol. The molecule has 0 unspecified atom stereocenters. The van der Waals surface area contributed by atoms with E-state index >= 15 is 0 Å². The number of rotatable bonds is 5. The predicted molar refractivity (Wildman–Crippen MR) is 270 cm³/mol. The fourth-order valence-corrected chi connectivity index (χ4v) is 10.3. The van der Waals surface area contributed by atoms with Gasteiger partial charge in [-0.1, -0.05) is 184 Å². The lowest BCUT2D eigenvalue weighted by atomic mass is 9.82. The molecule has 6 heteroatoms. The van der Waals surface area contributed by atoms with Crippen molar-refractivity contribution in [1.29, 1.82) is 0 Å². The van der Waals surface area contributed by atoms with Crippen LogP contribution in [0, 0.1) is 0 Å². The normalized spacial score (nSPS) is 15.2. The Balaban J connectivity index is 1.24. The lowest BCUT2D eigenvalue weighted by Crippen LogP contribution is -2.14. The highest BCUT2D eigenvalue weighted by Crippen LogP contribution is 2.52. The smallest absolute Gasteiger partial charge is 0.238 e. The molecule has 1 aliphatic rings. The van der Waals surface area contributed by atoms with Crippen molar-refractivity contribution in [3.05, 3.63) is 211 Å². The minimum atomic E-state index is -0.565. The third-order valence-corrected chi connectivity index (χ3v) is 13.3. The van der Waals surface area contributed by atoms with E-state index in [2.05, 4.69) is 32.0 Å². The Kier molecular flexibility index (Phi) is 5.86. The Bertz CT molecular complexity index is 4740. The summed E-state index contributed by atoms with van der Waals surface area (Å²) in [6.45, 7) is 4.35. The van der Waals surface area contributed by atoms with E-state index in [1.807, 2.05) is 121 Å². The van der Waals surface area contributed by atoms with Crippen LogP contribution in [0.4, 0.5) is 0 Å². The van der Waals surface area contributed by atoms with E-state index < -0.39 is 60.4 Å². The molecule has 4 heterocycles. The van der Waals surface area contributed by atoms with Crippen LogP contribution in [0.3, 0.4) is 0 Å². The summed E-state index contributed by atoms with van der Waals surface area (Å²) < 4.78 is 105. The van der Waals surface area contributed by atoms with E-state index in [1.54, 1.807) is 4.57 Å². The van der Waals surface area contributed by atoms with Gasteiger partial charge in [0, 0.05) is 48.9 Å². The summed E-state index contributed by atoms with van der Waals surface area (Å²) in [6, 6.07) is 39.8. The number of fused-ring (bicyclic) bond motifs is 13. The van der Waals surface area contributed by atoms with E-state index in [4.69, 9.17) is 24.9 Å². The van der Waals surface area contributed by atoms with Crippen molar-refractivity contribution in [1.82, 2.24) is 24.1 Å². The first-order valence-corrected chi connectivity index (χ1v) is 21.7. The summed E-state index contributed by atoms with van der Waals surface area (Å²) >= 11 is 0. The molecule has 0 aliphatic heterocycles. The zero-order valence-corrected chi connectivity index (χ0v) is 35.4. The highest BCUT2D eigenvalue weighted by molar-refractivity contribution is 6.24. The summed E-state index contributed by atoms with van der Waals surface area (Å²) in [5.41, 5.74) is 7.87. The zero-order chi connectivity index (χ0) is 52.4. The summed E-state index contributed by atoms with van der Waals surface area (Å²) in [4.78, 5) is 15.7. The number of hydrogen-bond donors (Lipinski definition) is 0. The van der Waals surface area contributed by atoms with Crippen LogP contribution in [0.15, 0.2) is 204 Å². The van der Waals surface area contributed by atoms with Gasteiger partial charge in [-0.3, -0.25) is 4.57 Å². The molecule has 0 fully saturated rings. The number of benzene rings is 9. The molecule has 0 bridgehead atoms. The molecule has 4 aromatic heterocycles. The van der Waals surface area contributed by atoms with Gasteiger partial charge in [-0.15, -0.1) is 0 Å². The predicted octanol–water partition coefficient (Wildman–Crippen LogP) is 15.3. The number of nitrogens with zero attached hydrogens (tertiary/aromatic N) is 5. The van der Waals surface area contributed by atoms with Crippen molar-refractivity contribution < 1.29 is 18.1 Å². The van der Waals surface area contributed by atoms with Crippen molar-refractivity contribution in [2.24, 2.45) is 0 Å². The Hall–Kier alpha value is -8.61. The van der Waals surface area contributed by atoms with E-state index in [1.165, 1.54) is 4.57 Å². The maximum absolute atomic E-state index is 10.00. The number of furan rings is 1. The maximum Gasteiger partial charge on any atom is 0.238 e. The van der Waals surface area contributed by atoms with Crippen LogP contribution < -0.4 is 0 Å². The molecule has 9 aromatic carbocycles. The Morgan fingerprint density at radius 1 is 0.470 bits per heavy atom. The van der Waals surface area contributed by atoms with Gasteiger partial charge in [0.2, 0.25) is 5.95 Å². The first kappa shape index (κ1) is 28.2. The molecule has 0 saturated carbocycles. The van der Waals surface area contributed by atoms with Crippen LogP contribution in [0.2, 0.25) is 0 Å². The SMILES string of the molecule is [2H]c1c([2H])c([2H])c2c(c1[2H])c1c([2H])c([2H])c3c4c([2H])c([2H])c([2H])c([2H])c4n(-c4cc(-c5ccccc5)cc5c4oc4ccccc45)c3c1n2-c1nc(-c2ccccc2)nc(-c2cccc3c2-c2ccccc2C3(C)C)n1. The molecule has 0 spiro atoms. The van der Waals surface area contributed by atoms with E-state index in [0.717, 1.165) is 38.8 Å². The zero-order valence-electron chi connectivity index (χ0n) is 45.4. The molecule has 14 rings (SSSR count). The Morgan fingerprint density at radius 3 is 1.85 bits per heavy atom. The standard InChI is InChI=1S/C60H39N5O/c1-60(2)47-27-13-9-25-44(47)53-45(26-17-28-48(53)60)58-61-57(37-20-7-4-8-21-37)62-59(63-58)65-50-30-15-11-23-40(50)43-33-32-42-39-22-10-14-29-49(39)64(54(42)55(43)65)51-35-38(36-18-5-3-6-19-36)34-46-41-24-12-16-31-52(41)66-56(46)51/h3-35H,1-2H3/i10D,11D,14D,15D,22D,23D,29D,30D,32D,33D. The molecular weight excluding hydrogens is 807 g/mol. The largest absolute Gasteiger partial charge is 0.454 e. The highest BCUT2D eigenvalue weighted by Gasteiger charge is 2.37. The Labute approximate surface area is 393 Å². The number of para-hydroxylation sites is 3. The Morgan fingerprint density at radius 2 is 1.08 bits per heavy atom. The molecule has 310 valence electrons. The first-order valence-electron chi connectivity index (χ1n) is 26.7. The van der Waals surface area contributed by atoms with Crippen LogP contribution in [-0.2, 0) is 5.41 Å². The quantitative estimate of drug-likeness (QED) is 0.173. The van der Waals surface area contributed by atoms with Gasteiger partial charge in [0.1, 0.15) is 5.58 Å². The van der Waals surface area contributed by atoms with E-state index in [0.29, 0.717) is 33.4 Å². The average Bonchev–Trinajstić information content (AvgIpc) is 4.28. The van der Waals surface area contributed by atoms with Crippen LogP contribution in [0.1, 0.15) is 38.7 Å². The second-order valence-corrected chi connectivity index (χ2v) is 17.2. The van der Waals surface area contributed by atoms with Gasteiger partial charge in [-0.25, -0.2) is 4.98 Å². The summed E-state index contributed by atoms with van der Waals surface area (Å²) in [5, 5.41) is 1.28. The van der Waals surface area contributed by atoms with Gasteiger partial charge in [0.25, 0.3) is 0 Å². The fraction of sp³-hybridized carbons (Fsp3) is 0.0500. The third kappa shape index (κ3) is 5.15. The average molecular weight is 856 g/mol. The third-order valence-electron chi connectivity index (χ3n) is 13.3. The molecule has 0 amide bonds. The summed E-state index contributed by atoms with van der Waals surface area (Å²) in [6.07, 6.45) is 0. The second kappa shape index (κ2) is 13.7. The van der Waals surface area contributed by atoms with Crippen LogP contribution in [0.25, 0.3) is 122 Å². The van der Waals surface area contributed by atoms with E-state index in [-0.39, 0.29) is 66.6 Å². The number of hydrogen-bond acceptors (Lipinski definition) is 4. The summed E-state index contributed by atoms with van der Waals surface area (Å²) in [5.74, 6) is 0.403. The lowest BCUT2D eigenvalue weighted by Gasteiger charge is -2.21. The fourth-order valence-electron chi connectivity index (χ4n) is 10.3. The molecular formula is C60H39N5O. The van der Waals surface area contributed by atoms with Crippen LogP contribution in [0.5, 0.6) is 0 Å². The minimum absolute atomic E-state index is 0.0211. The molecule has 0 saturated heterocycles. The lowest BCUT2D eigenvalue weighted by molar-refractivity contribution is 0.660.